The third-order valence-corrected chi connectivity index (χ3v) is 4.72. The number of urea groups is 1. The number of amides is 4. The number of hydrogen-bond acceptors (Lipinski definition) is 4. The molecule has 2 aliphatic heterocycles. The van der Waals surface area contributed by atoms with Gasteiger partial charge in [0.25, 0.3) is 5.91 Å². The number of carbonyl (C=O) groups is 3. The molecule has 3 rings (SSSR count). The van der Waals surface area contributed by atoms with E-state index in [9.17, 15) is 14.4 Å². The zero-order valence-electron chi connectivity index (χ0n) is 12.6. The fraction of sp³-hybridized carbons (Fsp3) is 0.786. The largest absolute Gasteiger partial charge is 0.340 e. The van der Waals surface area contributed by atoms with Gasteiger partial charge < -0.3 is 15.5 Å². The lowest BCUT2D eigenvalue weighted by atomic mass is 9.98. The van der Waals surface area contributed by atoms with Crippen molar-refractivity contribution in [1.82, 2.24) is 20.4 Å². The molecule has 22 heavy (non-hydrogen) atoms. The average Bonchev–Trinajstić information content (AvgIpc) is 3.05. The van der Waals surface area contributed by atoms with Crippen molar-refractivity contribution in [3.8, 4) is 0 Å². The standard InChI is InChI=1S/C14H22N4O3.ClH/c19-11(17-9-6-15-7-10-17)3-8-18-12(20)14(16-13(18)21)4-1-2-5-14;/h15H,1-10H2,(H,16,21);1H. The molecule has 2 heterocycles. The molecular formula is C14H23ClN4O3. The second-order valence-corrected chi connectivity index (χ2v) is 6.06. The van der Waals surface area contributed by atoms with Gasteiger partial charge in [0, 0.05) is 39.1 Å². The van der Waals surface area contributed by atoms with Gasteiger partial charge in [0.15, 0.2) is 0 Å². The summed E-state index contributed by atoms with van der Waals surface area (Å²) in [5, 5.41) is 6.03. The molecule has 0 atom stereocenters. The van der Waals surface area contributed by atoms with E-state index in [1.807, 2.05) is 0 Å². The molecule has 2 saturated heterocycles. The van der Waals surface area contributed by atoms with Crippen molar-refractivity contribution in [2.75, 3.05) is 32.7 Å². The molecule has 0 aromatic carbocycles. The molecule has 1 spiro atoms. The quantitative estimate of drug-likeness (QED) is 0.719. The third-order valence-electron chi connectivity index (χ3n) is 4.72. The van der Waals surface area contributed by atoms with E-state index in [1.165, 1.54) is 4.90 Å². The lowest BCUT2D eigenvalue weighted by molar-refractivity contribution is -0.134. The van der Waals surface area contributed by atoms with Crippen LogP contribution in [-0.4, -0.2) is 65.9 Å². The predicted octanol–water partition coefficient (Wildman–Crippen LogP) is 0.0947. The highest BCUT2D eigenvalue weighted by atomic mass is 35.5. The first kappa shape index (κ1) is 17.0. The Morgan fingerprint density at radius 3 is 2.41 bits per heavy atom. The van der Waals surface area contributed by atoms with Crippen LogP contribution in [0, 0.1) is 0 Å². The molecule has 0 unspecified atom stereocenters. The molecule has 3 aliphatic rings. The monoisotopic (exact) mass is 330 g/mol. The highest BCUT2D eigenvalue weighted by Gasteiger charge is 2.52. The van der Waals surface area contributed by atoms with Crippen molar-refractivity contribution in [2.24, 2.45) is 0 Å². The summed E-state index contributed by atoms with van der Waals surface area (Å²) in [4.78, 5) is 39.6. The minimum Gasteiger partial charge on any atom is -0.340 e. The van der Waals surface area contributed by atoms with Crippen molar-refractivity contribution < 1.29 is 14.4 Å². The number of piperazine rings is 1. The second-order valence-electron chi connectivity index (χ2n) is 6.06. The Bertz CT molecular complexity index is 459. The average molecular weight is 331 g/mol. The fourth-order valence-corrected chi connectivity index (χ4v) is 3.48. The minimum absolute atomic E-state index is 0. The summed E-state index contributed by atoms with van der Waals surface area (Å²) in [5.74, 6) is -0.123. The number of nitrogens with one attached hydrogen (secondary N) is 2. The van der Waals surface area contributed by atoms with Gasteiger partial charge >= 0.3 is 6.03 Å². The smallest absolute Gasteiger partial charge is 0.325 e. The Labute approximate surface area is 136 Å². The molecule has 4 amide bonds. The number of imide groups is 1. The van der Waals surface area contributed by atoms with E-state index < -0.39 is 5.54 Å². The molecule has 2 N–H and O–H groups in total. The van der Waals surface area contributed by atoms with E-state index in [0.717, 1.165) is 38.8 Å². The van der Waals surface area contributed by atoms with Crippen LogP contribution >= 0.6 is 12.4 Å². The van der Waals surface area contributed by atoms with E-state index in [-0.39, 0.29) is 43.2 Å². The summed E-state index contributed by atoms with van der Waals surface area (Å²) >= 11 is 0. The first-order valence-electron chi connectivity index (χ1n) is 7.75. The zero-order valence-corrected chi connectivity index (χ0v) is 13.4. The molecule has 1 saturated carbocycles. The molecule has 0 aromatic heterocycles. The van der Waals surface area contributed by atoms with Crippen LogP contribution in [-0.2, 0) is 9.59 Å². The minimum atomic E-state index is -0.671. The second kappa shape index (κ2) is 6.83. The Morgan fingerprint density at radius 1 is 1.14 bits per heavy atom. The van der Waals surface area contributed by atoms with Gasteiger partial charge in [-0.15, -0.1) is 12.4 Å². The molecule has 0 bridgehead atoms. The summed E-state index contributed by atoms with van der Waals surface area (Å²) in [6.07, 6.45) is 3.61. The molecule has 3 fully saturated rings. The van der Waals surface area contributed by atoms with Gasteiger partial charge in [-0.3, -0.25) is 14.5 Å². The molecule has 0 aromatic rings. The number of carbonyl (C=O) groups excluding carboxylic acids is 3. The van der Waals surface area contributed by atoms with Crippen molar-refractivity contribution >= 4 is 30.3 Å². The Balaban J connectivity index is 0.00000176. The van der Waals surface area contributed by atoms with E-state index in [2.05, 4.69) is 10.6 Å². The van der Waals surface area contributed by atoms with Gasteiger partial charge in [0.1, 0.15) is 5.54 Å². The van der Waals surface area contributed by atoms with Crippen molar-refractivity contribution in [1.29, 1.82) is 0 Å². The number of rotatable bonds is 3. The summed E-state index contributed by atoms with van der Waals surface area (Å²) < 4.78 is 0. The Kier molecular flexibility index (Phi) is 5.28. The normalized spacial score (nSPS) is 23.6. The van der Waals surface area contributed by atoms with Crippen LogP contribution in [0.3, 0.4) is 0 Å². The first-order chi connectivity index (χ1) is 10.1. The topological polar surface area (TPSA) is 81.8 Å². The van der Waals surface area contributed by atoms with Crippen molar-refractivity contribution in [2.45, 2.75) is 37.6 Å². The van der Waals surface area contributed by atoms with Crippen LogP contribution in [0.15, 0.2) is 0 Å². The van der Waals surface area contributed by atoms with Crippen LogP contribution in [0.4, 0.5) is 4.79 Å². The lowest BCUT2D eigenvalue weighted by Gasteiger charge is -2.28. The van der Waals surface area contributed by atoms with Crippen LogP contribution in [0.5, 0.6) is 0 Å². The number of nitrogens with zero attached hydrogens (tertiary/aromatic N) is 2. The van der Waals surface area contributed by atoms with Gasteiger partial charge in [-0.2, -0.15) is 0 Å². The maximum Gasteiger partial charge on any atom is 0.325 e. The fourth-order valence-electron chi connectivity index (χ4n) is 3.48. The zero-order chi connectivity index (χ0) is 14.9. The van der Waals surface area contributed by atoms with Gasteiger partial charge in [-0.1, -0.05) is 12.8 Å². The maximum atomic E-state index is 12.4. The SMILES string of the molecule is Cl.O=C(CCN1C(=O)NC2(CCCC2)C1=O)N1CCNCC1. The van der Waals surface area contributed by atoms with Gasteiger partial charge in [0.05, 0.1) is 0 Å². The van der Waals surface area contributed by atoms with Crippen LogP contribution in [0.2, 0.25) is 0 Å². The molecule has 1 aliphatic carbocycles. The summed E-state index contributed by atoms with van der Waals surface area (Å²) in [6, 6.07) is -0.338. The Morgan fingerprint density at radius 2 is 1.77 bits per heavy atom. The third kappa shape index (κ3) is 3.05. The van der Waals surface area contributed by atoms with Crippen LogP contribution < -0.4 is 10.6 Å². The highest BCUT2D eigenvalue weighted by molar-refractivity contribution is 6.07. The molecule has 7 nitrogen and oxygen atoms in total. The van der Waals surface area contributed by atoms with E-state index in [0.29, 0.717) is 13.1 Å². The summed E-state index contributed by atoms with van der Waals surface area (Å²) in [7, 11) is 0. The van der Waals surface area contributed by atoms with Gasteiger partial charge in [-0.05, 0) is 12.8 Å². The number of hydrogen-bond donors (Lipinski definition) is 2. The summed E-state index contributed by atoms with van der Waals surface area (Å²) in [6.45, 7) is 3.19. The van der Waals surface area contributed by atoms with Crippen molar-refractivity contribution in [3.63, 3.8) is 0 Å². The Hall–Kier alpha value is -1.34. The molecule has 0 radical (unpaired) electrons. The van der Waals surface area contributed by atoms with E-state index >= 15 is 0 Å². The summed E-state index contributed by atoms with van der Waals surface area (Å²) in [5.41, 5.74) is -0.671. The predicted molar refractivity (Wildman–Crippen MR) is 82.8 cm³/mol. The highest BCUT2D eigenvalue weighted by Crippen LogP contribution is 2.35. The van der Waals surface area contributed by atoms with Gasteiger partial charge in [-0.25, -0.2) is 4.79 Å². The van der Waals surface area contributed by atoms with Crippen molar-refractivity contribution in [3.05, 3.63) is 0 Å². The molecule has 124 valence electrons. The molecular weight excluding hydrogens is 308 g/mol. The van der Waals surface area contributed by atoms with Gasteiger partial charge in [0.2, 0.25) is 5.91 Å². The lowest BCUT2D eigenvalue weighted by Crippen LogP contribution is -2.47. The van der Waals surface area contributed by atoms with E-state index in [4.69, 9.17) is 0 Å². The van der Waals surface area contributed by atoms with Crippen LogP contribution in [0.1, 0.15) is 32.1 Å². The molecule has 8 heteroatoms. The first-order valence-corrected chi connectivity index (χ1v) is 7.75. The maximum absolute atomic E-state index is 12.4. The van der Waals surface area contributed by atoms with E-state index in [1.54, 1.807) is 4.90 Å². The van der Waals surface area contributed by atoms with Crippen LogP contribution in [0.25, 0.3) is 0 Å². The number of halogens is 1.